The molecule has 0 aliphatic carbocycles. The van der Waals surface area contributed by atoms with Gasteiger partial charge in [-0.3, -0.25) is 4.79 Å². The normalized spacial score (nSPS) is 16.3. The number of hydrogen-bond donors (Lipinski definition) is 2. The summed E-state index contributed by atoms with van der Waals surface area (Å²) in [6.45, 7) is 0. The fourth-order valence-electron chi connectivity index (χ4n) is 2.61. The van der Waals surface area contributed by atoms with Crippen LogP contribution in [0.1, 0.15) is 18.0 Å². The van der Waals surface area contributed by atoms with Crippen LogP contribution in [-0.2, 0) is 19.1 Å². The number of esters is 2. The smallest absolute Gasteiger partial charge is 0.337 e. The van der Waals surface area contributed by atoms with Gasteiger partial charge in [-0.05, 0) is 17.7 Å². The molecule has 9 heteroatoms. The van der Waals surface area contributed by atoms with Crippen LogP contribution < -0.4 is 20.1 Å². The van der Waals surface area contributed by atoms with E-state index in [1.165, 1.54) is 28.4 Å². The summed E-state index contributed by atoms with van der Waals surface area (Å²) in [5.74, 6) is -0.364. The van der Waals surface area contributed by atoms with Crippen LogP contribution in [0.25, 0.3) is 0 Å². The molecule has 1 aromatic carbocycles. The van der Waals surface area contributed by atoms with Crippen molar-refractivity contribution in [2.24, 2.45) is 0 Å². The van der Waals surface area contributed by atoms with E-state index in [1.54, 1.807) is 18.2 Å². The van der Waals surface area contributed by atoms with Crippen molar-refractivity contribution in [3.05, 3.63) is 35.0 Å². The highest BCUT2D eigenvalue weighted by Crippen LogP contribution is 2.34. The number of hydrogen-bond acceptors (Lipinski definition) is 7. The van der Waals surface area contributed by atoms with Crippen molar-refractivity contribution in [2.75, 3.05) is 28.4 Å². The third-order valence-electron chi connectivity index (χ3n) is 3.85. The Bertz CT molecular complexity index is 757. The molecule has 1 aliphatic rings. The van der Waals surface area contributed by atoms with Gasteiger partial charge in [-0.2, -0.15) is 0 Å². The average Bonchev–Trinajstić information content (AvgIpc) is 2.66. The van der Waals surface area contributed by atoms with Crippen LogP contribution in [-0.4, -0.2) is 46.4 Å². The Morgan fingerprint density at radius 1 is 1.04 bits per heavy atom. The van der Waals surface area contributed by atoms with E-state index in [1.807, 2.05) is 0 Å². The largest absolute Gasteiger partial charge is 0.493 e. The van der Waals surface area contributed by atoms with E-state index < -0.39 is 24.0 Å². The molecule has 2 N–H and O–H groups in total. The molecule has 0 saturated carbocycles. The molecule has 0 bridgehead atoms. The van der Waals surface area contributed by atoms with Gasteiger partial charge >= 0.3 is 18.0 Å². The van der Waals surface area contributed by atoms with Crippen LogP contribution in [0, 0.1) is 0 Å². The van der Waals surface area contributed by atoms with E-state index >= 15 is 0 Å². The summed E-state index contributed by atoms with van der Waals surface area (Å²) in [6.07, 6.45) is -0.280. The number of methoxy groups -OCH3 is 4. The van der Waals surface area contributed by atoms with Crippen molar-refractivity contribution in [2.45, 2.75) is 12.5 Å². The summed E-state index contributed by atoms with van der Waals surface area (Å²) in [4.78, 5) is 36.0. The summed E-state index contributed by atoms with van der Waals surface area (Å²) >= 11 is 0. The molecule has 140 valence electrons. The predicted octanol–water partition coefficient (Wildman–Crippen LogP) is 1.05. The lowest BCUT2D eigenvalue weighted by molar-refractivity contribution is -0.139. The minimum atomic E-state index is -0.837. The minimum Gasteiger partial charge on any atom is -0.493 e. The highest BCUT2D eigenvalue weighted by atomic mass is 16.5. The molecular formula is C17H20N2O7. The molecule has 0 radical (unpaired) electrons. The molecule has 26 heavy (non-hydrogen) atoms. The Morgan fingerprint density at radius 2 is 1.73 bits per heavy atom. The average molecular weight is 364 g/mol. The first kappa shape index (κ1) is 19.1. The Morgan fingerprint density at radius 3 is 2.31 bits per heavy atom. The standard InChI is InChI=1S/C17H20N2O7/c1-23-11-6-5-9(7-12(11)24-2)15-14(16(21)26-4)10(8-13(20)25-3)18-17(22)19-15/h5-7,15H,8H2,1-4H3,(H2,18,19,22). The van der Waals surface area contributed by atoms with Crippen molar-refractivity contribution in [1.29, 1.82) is 0 Å². The lowest BCUT2D eigenvalue weighted by Crippen LogP contribution is -2.46. The van der Waals surface area contributed by atoms with E-state index in [4.69, 9.17) is 14.2 Å². The second-order valence-corrected chi connectivity index (χ2v) is 5.28. The number of amides is 2. The van der Waals surface area contributed by atoms with Crippen molar-refractivity contribution in [3.63, 3.8) is 0 Å². The van der Waals surface area contributed by atoms with Gasteiger partial charge in [-0.1, -0.05) is 6.07 Å². The maximum absolute atomic E-state index is 12.3. The summed E-state index contributed by atoms with van der Waals surface area (Å²) in [5, 5.41) is 5.12. The number of ether oxygens (including phenoxy) is 4. The van der Waals surface area contributed by atoms with Crippen LogP contribution in [0.4, 0.5) is 4.79 Å². The number of benzene rings is 1. The second kappa shape index (κ2) is 8.24. The van der Waals surface area contributed by atoms with Crippen LogP contribution in [0.2, 0.25) is 0 Å². The third-order valence-corrected chi connectivity index (χ3v) is 3.85. The van der Waals surface area contributed by atoms with Crippen molar-refractivity contribution >= 4 is 18.0 Å². The van der Waals surface area contributed by atoms with E-state index in [0.29, 0.717) is 17.1 Å². The van der Waals surface area contributed by atoms with Gasteiger partial charge in [0.15, 0.2) is 11.5 Å². The lowest BCUT2D eigenvalue weighted by atomic mass is 9.94. The monoisotopic (exact) mass is 364 g/mol. The first-order valence-electron chi connectivity index (χ1n) is 7.62. The molecule has 0 aromatic heterocycles. The topological polar surface area (TPSA) is 112 Å². The summed E-state index contributed by atoms with van der Waals surface area (Å²) in [7, 11) is 5.41. The van der Waals surface area contributed by atoms with Gasteiger partial charge in [0.05, 0.1) is 46.5 Å². The maximum Gasteiger partial charge on any atom is 0.337 e. The van der Waals surface area contributed by atoms with Gasteiger partial charge in [0, 0.05) is 5.70 Å². The van der Waals surface area contributed by atoms with Crippen molar-refractivity contribution in [3.8, 4) is 11.5 Å². The van der Waals surface area contributed by atoms with Crippen LogP contribution in [0.5, 0.6) is 11.5 Å². The second-order valence-electron chi connectivity index (χ2n) is 5.28. The summed E-state index contributed by atoms with van der Waals surface area (Å²) < 4.78 is 19.9. The fraction of sp³-hybridized carbons (Fsp3) is 0.353. The molecule has 0 saturated heterocycles. The molecule has 1 heterocycles. The highest BCUT2D eigenvalue weighted by molar-refractivity contribution is 5.96. The zero-order chi connectivity index (χ0) is 19.3. The molecule has 1 atom stereocenters. The van der Waals surface area contributed by atoms with Gasteiger partial charge in [-0.25, -0.2) is 9.59 Å². The first-order chi connectivity index (χ1) is 12.4. The van der Waals surface area contributed by atoms with Crippen LogP contribution >= 0.6 is 0 Å². The fourth-order valence-corrected chi connectivity index (χ4v) is 2.61. The van der Waals surface area contributed by atoms with Crippen LogP contribution in [0.15, 0.2) is 29.5 Å². The van der Waals surface area contributed by atoms with E-state index in [-0.39, 0.29) is 17.7 Å². The zero-order valence-electron chi connectivity index (χ0n) is 14.9. The Labute approximate surface area is 150 Å². The molecule has 1 aromatic rings. The summed E-state index contributed by atoms with van der Waals surface area (Å²) in [5.41, 5.74) is 0.775. The predicted molar refractivity (Wildman–Crippen MR) is 89.6 cm³/mol. The molecule has 2 rings (SSSR count). The van der Waals surface area contributed by atoms with Gasteiger partial charge in [-0.15, -0.1) is 0 Å². The van der Waals surface area contributed by atoms with Crippen molar-refractivity contribution in [1.82, 2.24) is 10.6 Å². The first-order valence-corrected chi connectivity index (χ1v) is 7.62. The third kappa shape index (κ3) is 3.88. The number of carbonyl (C=O) groups excluding carboxylic acids is 3. The molecule has 0 fully saturated rings. The van der Waals surface area contributed by atoms with Gasteiger partial charge < -0.3 is 29.6 Å². The van der Waals surface area contributed by atoms with Gasteiger partial charge in [0.2, 0.25) is 0 Å². The van der Waals surface area contributed by atoms with Crippen LogP contribution in [0.3, 0.4) is 0 Å². The van der Waals surface area contributed by atoms with Crippen molar-refractivity contribution < 1.29 is 33.3 Å². The Balaban J connectivity index is 2.56. The number of rotatable bonds is 6. The highest BCUT2D eigenvalue weighted by Gasteiger charge is 2.34. The SMILES string of the molecule is COC(=O)CC1=C(C(=O)OC)C(c2ccc(OC)c(OC)c2)NC(=O)N1. The van der Waals surface area contributed by atoms with Gasteiger partial charge in [0.1, 0.15) is 0 Å². The number of urea groups is 1. The Hall–Kier alpha value is -3.23. The van der Waals surface area contributed by atoms with E-state index in [2.05, 4.69) is 15.4 Å². The zero-order valence-corrected chi connectivity index (χ0v) is 14.9. The summed E-state index contributed by atoms with van der Waals surface area (Å²) in [6, 6.07) is 3.56. The molecular weight excluding hydrogens is 344 g/mol. The quantitative estimate of drug-likeness (QED) is 0.726. The van der Waals surface area contributed by atoms with E-state index in [9.17, 15) is 14.4 Å². The lowest BCUT2D eigenvalue weighted by Gasteiger charge is -2.29. The number of nitrogens with one attached hydrogen (secondary N) is 2. The maximum atomic E-state index is 12.3. The molecule has 9 nitrogen and oxygen atoms in total. The number of carbonyl (C=O) groups is 3. The molecule has 1 aliphatic heterocycles. The van der Waals surface area contributed by atoms with E-state index in [0.717, 1.165) is 0 Å². The van der Waals surface area contributed by atoms with Gasteiger partial charge in [0.25, 0.3) is 0 Å². The minimum absolute atomic E-state index is 0.102. The molecule has 2 amide bonds. The Kier molecular flexibility index (Phi) is 6.05. The molecule has 0 spiro atoms. The molecule has 1 unspecified atom stereocenters.